The fourth-order valence-corrected chi connectivity index (χ4v) is 5.99. The van der Waals surface area contributed by atoms with Crippen LogP contribution in [0, 0.1) is 10.8 Å². The lowest BCUT2D eigenvalue weighted by Gasteiger charge is -2.47. The van der Waals surface area contributed by atoms with Crippen LogP contribution in [0.3, 0.4) is 0 Å². The zero-order valence-electron chi connectivity index (χ0n) is 23.0. The quantitative estimate of drug-likeness (QED) is 0.349. The number of carbonyl (C=O) groups excluding carboxylic acids is 2. The van der Waals surface area contributed by atoms with Crippen LogP contribution in [0.2, 0.25) is 0 Å². The number of hydrogen-bond donors (Lipinski definition) is 0. The number of aromatic nitrogens is 2. The predicted molar refractivity (Wildman–Crippen MR) is 144 cm³/mol. The Labute approximate surface area is 227 Å². The fraction of sp³-hybridized carbons (Fsp3) is 0.452. The summed E-state index contributed by atoms with van der Waals surface area (Å²) < 4.78 is 41.5. The topological polar surface area (TPSA) is 55.2 Å². The summed E-state index contributed by atoms with van der Waals surface area (Å²) in [6.45, 7) is 10.5. The Morgan fingerprint density at radius 2 is 1.46 bits per heavy atom. The molecular weight excluding hydrogens is 503 g/mol. The van der Waals surface area contributed by atoms with E-state index >= 15 is 0 Å². The molecule has 8 heteroatoms. The average Bonchev–Trinajstić information content (AvgIpc) is 3.23. The van der Waals surface area contributed by atoms with Crippen LogP contribution in [0.25, 0.3) is 5.69 Å². The van der Waals surface area contributed by atoms with E-state index in [1.807, 2.05) is 53.8 Å². The maximum atomic E-state index is 13.8. The van der Waals surface area contributed by atoms with Gasteiger partial charge in [0.15, 0.2) is 0 Å². The third-order valence-corrected chi connectivity index (χ3v) is 7.91. The van der Waals surface area contributed by atoms with Gasteiger partial charge in [-0.15, -0.1) is 0 Å². The number of fused-ring (bicyclic) bond motifs is 1. The molecule has 206 valence electrons. The predicted octanol–water partition coefficient (Wildman–Crippen LogP) is 6.70. The number of anilines is 1. The number of nitrogens with zero attached hydrogens (tertiary/aromatic N) is 3. The van der Waals surface area contributed by atoms with E-state index in [-0.39, 0.29) is 36.5 Å². The van der Waals surface area contributed by atoms with Crippen LogP contribution >= 0.6 is 0 Å². The van der Waals surface area contributed by atoms with Crippen molar-refractivity contribution in [1.82, 2.24) is 9.78 Å². The number of Topliss-reactive ketones (excluding diaryl/α,β-unsaturated/α-hetero) is 2. The Morgan fingerprint density at radius 1 is 0.872 bits per heavy atom. The van der Waals surface area contributed by atoms with Gasteiger partial charge in [-0.25, -0.2) is 4.68 Å². The van der Waals surface area contributed by atoms with Gasteiger partial charge in [0.25, 0.3) is 0 Å². The number of alkyl halides is 3. The fourth-order valence-electron chi connectivity index (χ4n) is 5.99. The number of benzene rings is 2. The van der Waals surface area contributed by atoms with Gasteiger partial charge < -0.3 is 4.90 Å². The van der Waals surface area contributed by atoms with Crippen molar-refractivity contribution in [2.24, 2.45) is 10.8 Å². The van der Waals surface area contributed by atoms with Gasteiger partial charge in [-0.2, -0.15) is 18.3 Å². The van der Waals surface area contributed by atoms with Crippen molar-refractivity contribution in [3.05, 3.63) is 77.0 Å². The van der Waals surface area contributed by atoms with E-state index < -0.39 is 22.6 Å². The first-order valence-corrected chi connectivity index (χ1v) is 13.3. The van der Waals surface area contributed by atoms with E-state index in [1.165, 1.54) is 12.1 Å². The van der Waals surface area contributed by atoms with Crippen molar-refractivity contribution < 1.29 is 22.8 Å². The molecule has 1 spiro atoms. The lowest BCUT2D eigenvalue weighted by molar-refractivity contribution is -0.148. The summed E-state index contributed by atoms with van der Waals surface area (Å²) >= 11 is 0. The van der Waals surface area contributed by atoms with E-state index in [2.05, 4.69) is 20.8 Å². The first kappa shape index (κ1) is 27.2. The number of para-hydroxylation sites is 1. The van der Waals surface area contributed by atoms with Crippen LogP contribution in [-0.4, -0.2) is 27.9 Å². The van der Waals surface area contributed by atoms with Gasteiger partial charge >= 0.3 is 6.18 Å². The molecular formula is C31H34F3N3O2. The molecule has 1 saturated carbocycles. The third kappa shape index (κ3) is 4.90. The van der Waals surface area contributed by atoms with E-state index in [9.17, 15) is 22.8 Å². The molecule has 5 rings (SSSR count). The number of carbonyl (C=O) groups is 2. The maximum Gasteiger partial charge on any atom is 0.416 e. The minimum atomic E-state index is -4.43. The molecule has 5 nitrogen and oxygen atoms in total. The molecule has 2 aliphatic rings. The zero-order chi connectivity index (χ0) is 28.4. The van der Waals surface area contributed by atoms with E-state index in [4.69, 9.17) is 5.10 Å². The van der Waals surface area contributed by atoms with Gasteiger partial charge in [0.1, 0.15) is 22.8 Å². The van der Waals surface area contributed by atoms with Crippen LogP contribution in [-0.2, 0) is 34.1 Å². The first-order chi connectivity index (χ1) is 18.1. The monoisotopic (exact) mass is 537 g/mol. The summed E-state index contributed by atoms with van der Waals surface area (Å²) in [7, 11) is 0. The highest BCUT2D eigenvalue weighted by Crippen LogP contribution is 2.49. The number of ketones is 2. The lowest BCUT2D eigenvalue weighted by Crippen LogP contribution is -2.57. The lowest BCUT2D eigenvalue weighted by atomic mass is 9.60. The molecule has 1 aromatic heterocycles. The Morgan fingerprint density at radius 3 is 2.00 bits per heavy atom. The number of halogens is 3. The molecule has 0 saturated heterocycles. The van der Waals surface area contributed by atoms with Crippen molar-refractivity contribution in [2.45, 2.75) is 72.0 Å². The molecule has 2 aromatic carbocycles. The Hall–Kier alpha value is -3.42. The van der Waals surface area contributed by atoms with Crippen molar-refractivity contribution in [3.8, 4) is 5.69 Å². The van der Waals surface area contributed by atoms with Crippen LogP contribution in [0.1, 0.15) is 69.8 Å². The zero-order valence-corrected chi connectivity index (χ0v) is 23.0. The minimum Gasteiger partial charge on any atom is -0.350 e. The summed E-state index contributed by atoms with van der Waals surface area (Å²) in [4.78, 5) is 29.6. The SMILES string of the molecule is CC1(C)CC(=O)C2(Cc3c(C(C)(C)C)nn(-c4ccccc4)c3N(Cc3ccc(C(F)(F)F)cc3)C2)C(=O)C1. The molecule has 0 radical (unpaired) electrons. The van der Waals surface area contributed by atoms with Crippen molar-refractivity contribution in [3.63, 3.8) is 0 Å². The molecule has 2 heterocycles. The number of rotatable bonds is 3. The van der Waals surface area contributed by atoms with Gasteiger partial charge in [-0.1, -0.05) is 65.0 Å². The highest BCUT2D eigenvalue weighted by Gasteiger charge is 2.56. The van der Waals surface area contributed by atoms with Gasteiger partial charge in [-0.05, 0) is 41.7 Å². The van der Waals surface area contributed by atoms with Gasteiger partial charge in [0, 0.05) is 36.9 Å². The molecule has 0 bridgehead atoms. The molecule has 1 fully saturated rings. The molecule has 3 aromatic rings. The van der Waals surface area contributed by atoms with Crippen LogP contribution in [0.15, 0.2) is 54.6 Å². The number of hydrogen-bond acceptors (Lipinski definition) is 4. The van der Waals surface area contributed by atoms with Gasteiger partial charge in [0.2, 0.25) is 0 Å². The minimum absolute atomic E-state index is 0.0702. The Kier molecular flexibility index (Phi) is 6.31. The summed E-state index contributed by atoms with van der Waals surface area (Å²) in [6.07, 6.45) is -3.54. The summed E-state index contributed by atoms with van der Waals surface area (Å²) in [6, 6.07) is 14.7. The van der Waals surface area contributed by atoms with Crippen molar-refractivity contribution >= 4 is 17.4 Å². The Balaban J connectivity index is 1.68. The van der Waals surface area contributed by atoms with E-state index in [1.54, 1.807) is 0 Å². The standard InChI is InChI=1S/C31H34F3N3O2/c1-28(2,3)26-23-15-30(24(38)16-29(4,5)17-25(30)39)19-36(18-20-11-13-21(14-12-20)31(32,33)34)27(23)37(35-26)22-9-7-6-8-10-22/h6-14H,15-19H2,1-5H3. The molecule has 0 N–H and O–H groups in total. The molecule has 1 aliphatic heterocycles. The molecule has 1 aliphatic carbocycles. The largest absolute Gasteiger partial charge is 0.416 e. The average molecular weight is 538 g/mol. The Bertz CT molecular complexity index is 1390. The highest BCUT2D eigenvalue weighted by molar-refractivity contribution is 6.11. The van der Waals surface area contributed by atoms with Crippen LogP contribution < -0.4 is 4.90 Å². The molecule has 0 unspecified atom stereocenters. The second kappa shape index (κ2) is 9.07. The molecule has 39 heavy (non-hydrogen) atoms. The molecule has 0 atom stereocenters. The first-order valence-electron chi connectivity index (χ1n) is 13.3. The summed E-state index contributed by atoms with van der Waals surface area (Å²) in [5.74, 6) is 0.639. The maximum absolute atomic E-state index is 13.8. The summed E-state index contributed by atoms with van der Waals surface area (Å²) in [5.41, 5.74) is 0.446. The smallest absolute Gasteiger partial charge is 0.350 e. The third-order valence-electron chi connectivity index (χ3n) is 7.91. The van der Waals surface area contributed by atoms with Crippen LogP contribution in [0.5, 0.6) is 0 Å². The highest BCUT2D eigenvalue weighted by atomic mass is 19.4. The molecule has 0 amide bonds. The summed E-state index contributed by atoms with van der Waals surface area (Å²) in [5, 5.41) is 5.03. The van der Waals surface area contributed by atoms with Gasteiger partial charge in [-0.3, -0.25) is 9.59 Å². The second-order valence-corrected chi connectivity index (χ2v) is 12.8. The normalized spacial score (nSPS) is 18.9. The second-order valence-electron chi connectivity index (χ2n) is 12.8. The van der Waals surface area contributed by atoms with Gasteiger partial charge in [0.05, 0.1) is 16.9 Å². The van der Waals surface area contributed by atoms with Crippen molar-refractivity contribution in [1.29, 1.82) is 0 Å². The van der Waals surface area contributed by atoms with Crippen molar-refractivity contribution in [2.75, 3.05) is 11.4 Å². The van der Waals surface area contributed by atoms with E-state index in [0.29, 0.717) is 18.4 Å². The van der Waals surface area contributed by atoms with Crippen LogP contribution in [0.4, 0.5) is 19.0 Å². The van der Waals surface area contributed by atoms with E-state index in [0.717, 1.165) is 34.9 Å².